The molecule has 1 aromatic rings. The molecule has 0 bridgehead atoms. The van der Waals surface area contributed by atoms with Crippen LogP contribution in [0.4, 0.5) is 4.39 Å². The smallest absolute Gasteiger partial charge is 0.191 e. The third kappa shape index (κ3) is 4.57. The second-order valence-corrected chi connectivity index (χ2v) is 7.18. The molecule has 0 aromatic heterocycles. The highest BCUT2D eigenvalue weighted by Crippen LogP contribution is 2.56. The van der Waals surface area contributed by atoms with Gasteiger partial charge < -0.3 is 15.4 Å². The largest absolute Gasteiger partial charge is 0.494 e. The van der Waals surface area contributed by atoms with Crippen molar-refractivity contribution in [1.29, 1.82) is 0 Å². The molecule has 3 rings (SSSR count). The molecule has 0 heterocycles. The minimum Gasteiger partial charge on any atom is -0.494 e. The molecule has 25 heavy (non-hydrogen) atoms. The Labute approximate surface area is 167 Å². The van der Waals surface area contributed by atoms with Gasteiger partial charge in [0.05, 0.1) is 13.2 Å². The Balaban J connectivity index is 0.00000225. The summed E-state index contributed by atoms with van der Waals surface area (Å²) in [5, 5.41) is 6.85. The summed E-state index contributed by atoms with van der Waals surface area (Å²) in [7, 11) is 3.25. The highest BCUT2D eigenvalue weighted by atomic mass is 127. The van der Waals surface area contributed by atoms with Crippen LogP contribution in [0, 0.1) is 17.2 Å². The lowest BCUT2D eigenvalue weighted by molar-refractivity contribution is 0.106. The van der Waals surface area contributed by atoms with Gasteiger partial charge >= 0.3 is 0 Å². The third-order valence-electron chi connectivity index (χ3n) is 5.65. The number of nitrogens with zero attached hydrogens (tertiary/aromatic N) is 1. The predicted molar refractivity (Wildman–Crippen MR) is 110 cm³/mol. The molecule has 2 N–H and O–H groups in total. The summed E-state index contributed by atoms with van der Waals surface area (Å²) in [6, 6.07) is 5.02. The van der Waals surface area contributed by atoms with Crippen molar-refractivity contribution < 1.29 is 9.13 Å². The van der Waals surface area contributed by atoms with Crippen LogP contribution >= 0.6 is 24.0 Å². The van der Waals surface area contributed by atoms with Crippen LogP contribution in [0.2, 0.25) is 0 Å². The van der Waals surface area contributed by atoms with Crippen LogP contribution in [0.3, 0.4) is 0 Å². The van der Waals surface area contributed by atoms with E-state index in [0.717, 1.165) is 24.0 Å². The van der Waals surface area contributed by atoms with Gasteiger partial charge in [0.2, 0.25) is 0 Å². The number of aliphatic imine (C=N–C) groups is 1. The quantitative estimate of drug-likeness (QED) is 0.378. The van der Waals surface area contributed by atoms with E-state index in [9.17, 15) is 4.39 Å². The van der Waals surface area contributed by atoms with E-state index >= 15 is 0 Å². The molecule has 0 aliphatic heterocycles. The SMILES string of the molecule is CN=C(NCC1(C2CC2)CCC1)NC(C)c1ccc(OC)c(F)c1.I. The summed E-state index contributed by atoms with van der Waals surface area (Å²) in [5.74, 6) is 1.62. The molecule has 2 aliphatic carbocycles. The van der Waals surface area contributed by atoms with Gasteiger partial charge in [-0.25, -0.2) is 4.39 Å². The molecule has 2 fully saturated rings. The molecular weight excluding hydrogens is 432 g/mol. The van der Waals surface area contributed by atoms with E-state index in [0.29, 0.717) is 5.41 Å². The van der Waals surface area contributed by atoms with E-state index in [1.165, 1.54) is 45.3 Å². The number of hydrogen-bond acceptors (Lipinski definition) is 2. The molecule has 1 aromatic carbocycles. The fraction of sp³-hybridized carbons (Fsp3) is 0.632. The predicted octanol–water partition coefficient (Wildman–Crippen LogP) is 4.26. The van der Waals surface area contributed by atoms with Crippen molar-refractivity contribution in [3.8, 4) is 5.75 Å². The molecule has 6 heteroatoms. The maximum absolute atomic E-state index is 13.9. The Morgan fingerprint density at radius 1 is 1.40 bits per heavy atom. The lowest BCUT2D eigenvalue weighted by Crippen LogP contribution is -2.47. The highest BCUT2D eigenvalue weighted by molar-refractivity contribution is 14.0. The molecule has 0 amide bonds. The molecule has 140 valence electrons. The number of benzene rings is 1. The van der Waals surface area contributed by atoms with Gasteiger partial charge in [0.25, 0.3) is 0 Å². The molecule has 1 atom stereocenters. The molecular formula is C19H29FIN3O. The number of nitrogens with one attached hydrogen (secondary N) is 2. The van der Waals surface area contributed by atoms with Crippen molar-refractivity contribution in [3.63, 3.8) is 0 Å². The summed E-state index contributed by atoms with van der Waals surface area (Å²) in [6.45, 7) is 3.00. The number of hydrogen-bond donors (Lipinski definition) is 2. The second kappa shape index (κ2) is 8.56. The average molecular weight is 461 g/mol. The van der Waals surface area contributed by atoms with Gasteiger partial charge in [-0.15, -0.1) is 24.0 Å². The Bertz CT molecular complexity index is 615. The average Bonchev–Trinajstić information content (AvgIpc) is 3.37. The van der Waals surface area contributed by atoms with Crippen LogP contribution in [0.5, 0.6) is 5.75 Å². The highest BCUT2D eigenvalue weighted by Gasteiger charge is 2.48. The Morgan fingerprint density at radius 3 is 2.60 bits per heavy atom. The zero-order chi connectivity index (χ0) is 17.2. The normalized spacial score (nSPS) is 20.1. The Kier molecular flexibility index (Phi) is 6.93. The Morgan fingerprint density at radius 2 is 2.12 bits per heavy atom. The van der Waals surface area contributed by atoms with Gasteiger partial charge in [-0.1, -0.05) is 12.5 Å². The first-order valence-corrected chi connectivity index (χ1v) is 8.88. The van der Waals surface area contributed by atoms with Gasteiger partial charge in [0.15, 0.2) is 17.5 Å². The van der Waals surface area contributed by atoms with E-state index in [1.807, 2.05) is 13.0 Å². The lowest BCUT2D eigenvalue weighted by atomic mass is 9.65. The van der Waals surface area contributed by atoms with Crippen molar-refractivity contribution in [1.82, 2.24) is 10.6 Å². The van der Waals surface area contributed by atoms with E-state index in [-0.39, 0.29) is 41.6 Å². The fourth-order valence-corrected chi connectivity index (χ4v) is 3.75. The van der Waals surface area contributed by atoms with E-state index < -0.39 is 0 Å². The van der Waals surface area contributed by atoms with Crippen LogP contribution in [0.25, 0.3) is 0 Å². The lowest BCUT2D eigenvalue weighted by Gasteiger charge is -2.43. The minimum absolute atomic E-state index is 0. The summed E-state index contributed by atoms with van der Waals surface area (Å²) in [5.41, 5.74) is 1.37. The van der Waals surface area contributed by atoms with Crippen molar-refractivity contribution in [3.05, 3.63) is 29.6 Å². The first-order chi connectivity index (χ1) is 11.6. The monoisotopic (exact) mass is 461 g/mol. The molecule has 2 saturated carbocycles. The summed E-state index contributed by atoms with van der Waals surface area (Å²) in [6.07, 6.45) is 6.79. The first kappa shape index (κ1) is 20.3. The van der Waals surface area contributed by atoms with Gasteiger partial charge in [0.1, 0.15) is 0 Å². The van der Waals surface area contributed by atoms with Gasteiger partial charge in [-0.3, -0.25) is 4.99 Å². The Hall–Kier alpha value is -1.05. The van der Waals surface area contributed by atoms with Crippen LogP contribution in [0.1, 0.15) is 50.6 Å². The third-order valence-corrected chi connectivity index (χ3v) is 5.65. The number of halogens is 2. The summed E-state index contributed by atoms with van der Waals surface area (Å²) in [4.78, 5) is 4.33. The van der Waals surface area contributed by atoms with Gasteiger partial charge in [-0.05, 0) is 61.6 Å². The van der Waals surface area contributed by atoms with Crippen LogP contribution < -0.4 is 15.4 Å². The maximum atomic E-state index is 13.9. The molecule has 0 spiro atoms. The minimum atomic E-state index is -0.339. The van der Waals surface area contributed by atoms with E-state index in [2.05, 4.69) is 15.6 Å². The van der Waals surface area contributed by atoms with Gasteiger partial charge in [0, 0.05) is 13.6 Å². The summed E-state index contributed by atoms with van der Waals surface area (Å²) >= 11 is 0. The zero-order valence-corrected chi connectivity index (χ0v) is 17.6. The van der Waals surface area contributed by atoms with E-state index in [4.69, 9.17) is 4.74 Å². The number of ether oxygens (including phenoxy) is 1. The molecule has 4 nitrogen and oxygen atoms in total. The topological polar surface area (TPSA) is 45.7 Å². The maximum Gasteiger partial charge on any atom is 0.191 e. The van der Waals surface area contributed by atoms with Crippen LogP contribution in [0.15, 0.2) is 23.2 Å². The number of guanidine groups is 1. The standard InChI is InChI=1S/C19H28FN3O.HI/c1-13(14-5-8-17(24-3)16(20)11-14)23-18(21-2)22-12-19(9-4-10-19)15-6-7-15;/h5,8,11,13,15H,4,6-7,9-10,12H2,1-3H3,(H2,21,22,23);1H. The summed E-state index contributed by atoms with van der Waals surface area (Å²) < 4.78 is 18.9. The molecule has 2 aliphatic rings. The zero-order valence-electron chi connectivity index (χ0n) is 15.3. The van der Waals surface area contributed by atoms with Crippen LogP contribution in [-0.4, -0.2) is 26.7 Å². The van der Waals surface area contributed by atoms with Crippen LogP contribution in [-0.2, 0) is 0 Å². The molecule has 0 saturated heterocycles. The molecule has 0 radical (unpaired) electrons. The van der Waals surface area contributed by atoms with Crippen molar-refractivity contribution in [2.45, 2.75) is 45.1 Å². The second-order valence-electron chi connectivity index (χ2n) is 7.18. The van der Waals surface area contributed by atoms with Gasteiger partial charge in [-0.2, -0.15) is 0 Å². The van der Waals surface area contributed by atoms with Crippen molar-refractivity contribution in [2.75, 3.05) is 20.7 Å². The fourth-order valence-electron chi connectivity index (χ4n) is 3.75. The first-order valence-electron chi connectivity index (χ1n) is 8.88. The number of methoxy groups -OCH3 is 1. The number of rotatable bonds is 6. The van der Waals surface area contributed by atoms with Crippen molar-refractivity contribution >= 4 is 29.9 Å². The van der Waals surface area contributed by atoms with E-state index in [1.54, 1.807) is 13.1 Å². The molecule has 1 unspecified atom stereocenters. The van der Waals surface area contributed by atoms with Crippen molar-refractivity contribution in [2.24, 2.45) is 16.3 Å².